The first kappa shape index (κ1) is 12.5. The predicted octanol–water partition coefficient (Wildman–Crippen LogP) is 1.42. The summed E-state index contributed by atoms with van der Waals surface area (Å²) >= 11 is 0. The van der Waals surface area contributed by atoms with E-state index in [0.717, 1.165) is 25.3 Å². The van der Waals surface area contributed by atoms with Crippen LogP contribution in [0.5, 0.6) is 5.75 Å². The van der Waals surface area contributed by atoms with Crippen LogP contribution in [-0.4, -0.2) is 42.6 Å². The number of carbonyl (C=O) groups is 1. The molecule has 102 valence electrons. The number of benzene rings is 1. The van der Waals surface area contributed by atoms with Crippen molar-refractivity contribution in [2.75, 3.05) is 19.7 Å². The van der Waals surface area contributed by atoms with Crippen molar-refractivity contribution in [3.8, 4) is 5.75 Å². The molecule has 1 aliphatic heterocycles. The zero-order chi connectivity index (χ0) is 13.1. The zero-order valence-electron chi connectivity index (χ0n) is 11.0. The SMILES string of the molecule is O=C(COc1ccccc1)N1CCNC2CCCC21. The molecule has 1 heterocycles. The van der Waals surface area contributed by atoms with E-state index < -0.39 is 0 Å². The van der Waals surface area contributed by atoms with Gasteiger partial charge in [0.1, 0.15) is 5.75 Å². The van der Waals surface area contributed by atoms with Crippen LogP contribution in [0, 0.1) is 0 Å². The molecule has 0 bridgehead atoms. The lowest BCUT2D eigenvalue weighted by atomic mass is 10.1. The standard InChI is InChI=1S/C15H20N2O2/c18-15(11-19-12-5-2-1-3-6-12)17-10-9-16-13-7-4-8-14(13)17/h1-3,5-6,13-14,16H,4,7-11H2. The van der Waals surface area contributed by atoms with E-state index in [0.29, 0.717) is 12.1 Å². The molecule has 4 heteroatoms. The molecule has 1 N–H and O–H groups in total. The normalized spacial score (nSPS) is 26.0. The number of amides is 1. The van der Waals surface area contributed by atoms with Gasteiger partial charge in [-0.15, -0.1) is 0 Å². The summed E-state index contributed by atoms with van der Waals surface area (Å²) in [6.07, 6.45) is 3.52. The quantitative estimate of drug-likeness (QED) is 0.893. The number of hydrogen-bond donors (Lipinski definition) is 1. The molecule has 0 radical (unpaired) electrons. The van der Waals surface area contributed by atoms with Gasteiger partial charge in [-0.05, 0) is 31.4 Å². The molecule has 2 unspecified atom stereocenters. The number of para-hydroxylation sites is 1. The fourth-order valence-electron chi connectivity index (χ4n) is 3.14. The van der Waals surface area contributed by atoms with E-state index in [4.69, 9.17) is 4.74 Å². The summed E-state index contributed by atoms with van der Waals surface area (Å²) in [7, 11) is 0. The van der Waals surface area contributed by atoms with Crippen molar-refractivity contribution in [1.82, 2.24) is 10.2 Å². The number of rotatable bonds is 3. The average Bonchev–Trinajstić information content (AvgIpc) is 2.94. The number of nitrogens with one attached hydrogen (secondary N) is 1. The van der Waals surface area contributed by atoms with E-state index in [1.54, 1.807) is 0 Å². The highest BCUT2D eigenvalue weighted by Crippen LogP contribution is 2.26. The second-order valence-electron chi connectivity index (χ2n) is 5.25. The van der Waals surface area contributed by atoms with E-state index in [1.807, 2.05) is 35.2 Å². The van der Waals surface area contributed by atoms with E-state index in [1.165, 1.54) is 12.8 Å². The van der Waals surface area contributed by atoms with Crippen molar-refractivity contribution in [3.63, 3.8) is 0 Å². The van der Waals surface area contributed by atoms with Crippen LogP contribution in [0.25, 0.3) is 0 Å². The minimum absolute atomic E-state index is 0.113. The monoisotopic (exact) mass is 260 g/mol. The van der Waals surface area contributed by atoms with Gasteiger partial charge >= 0.3 is 0 Å². The summed E-state index contributed by atoms with van der Waals surface area (Å²) < 4.78 is 5.56. The van der Waals surface area contributed by atoms with E-state index in [9.17, 15) is 4.79 Å². The van der Waals surface area contributed by atoms with Crippen molar-refractivity contribution in [3.05, 3.63) is 30.3 Å². The van der Waals surface area contributed by atoms with Gasteiger partial charge in [0.05, 0.1) is 0 Å². The van der Waals surface area contributed by atoms with Crippen LogP contribution in [0.3, 0.4) is 0 Å². The molecule has 4 nitrogen and oxygen atoms in total. The maximum absolute atomic E-state index is 12.3. The van der Waals surface area contributed by atoms with E-state index >= 15 is 0 Å². The second-order valence-corrected chi connectivity index (χ2v) is 5.25. The van der Waals surface area contributed by atoms with Gasteiger partial charge in [-0.25, -0.2) is 0 Å². The Morgan fingerprint density at radius 3 is 3.00 bits per heavy atom. The van der Waals surface area contributed by atoms with Crippen molar-refractivity contribution in [2.45, 2.75) is 31.3 Å². The lowest BCUT2D eigenvalue weighted by Gasteiger charge is -2.38. The van der Waals surface area contributed by atoms with Gasteiger partial charge in [0.2, 0.25) is 0 Å². The maximum atomic E-state index is 12.3. The lowest BCUT2D eigenvalue weighted by Crippen LogP contribution is -2.58. The molecule has 1 saturated carbocycles. The molecule has 0 aromatic heterocycles. The third-order valence-electron chi connectivity index (χ3n) is 4.06. The minimum Gasteiger partial charge on any atom is -0.484 e. The van der Waals surface area contributed by atoms with Gasteiger partial charge in [0.25, 0.3) is 5.91 Å². The first-order valence-electron chi connectivity index (χ1n) is 7.05. The van der Waals surface area contributed by atoms with Gasteiger partial charge in [0.15, 0.2) is 6.61 Å². The Hall–Kier alpha value is -1.55. The third kappa shape index (κ3) is 2.73. The number of nitrogens with zero attached hydrogens (tertiary/aromatic N) is 1. The van der Waals surface area contributed by atoms with Gasteiger partial charge in [-0.2, -0.15) is 0 Å². The van der Waals surface area contributed by atoms with Gasteiger partial charge in [-0.1, -0.05) is 18.2 Å². The van der Waals surface area contributed by atoms with E-state index in [2.05, 4.69) is 5.32 Å². The maximum Gasteiger partial charge on any atom is 0.260 e. The first-order chi connectivity index (χ1) is 9.34. The molecule has 1 saturated heterocycles. The molecule has 1 amide bonds. The van der Waals surface area contributed by atoms with Crippen LogP contribution < -0.4 is 10.1 Å². The molecule has 19 heavy (non-hydrogen) atoms. The fraction of sp³-hybridized carbons (Fsp3) is 0.533. The lowest BCUT2D eigenvalue weighted by molar-refractivity contribution is -0.137. The van der Waals surface area contributed by atoms with Crippen molar-refractivity contribution < 1.29 is 9.53 Å². The molecule has 0 spiro atoms. The summed E-state index contributed by atoms with van der Waals surface area (Å²) in [5.74, 6) is 0.871. The number of carbonyl (C=O) groups excluding carboxylic acids is 1. The van der Waals surface area contributed by atoms with Crippen LogP contribution in [0.4, 0.5) is 0 Å². The molecule has 2 aliphatic rings. The second kappa shape index (κ2) is 5.61. The predicted molar refractivity (Wildman–Crippen MR) is 73.1 cm³/mol. The van der Waals surface area contributed by atoms with Gasteiger partial charge in [0, 0.05) is 25.2 Å². The highest BCUT2D eigenvalue weighted by Gasteiger charge is 2.37. The highest BCUT2D eigenvalue weighted by molar-refractivity contribution is 5.78. The Kier molecular flexibility index (Phi) is 3.69. The zero-order valence-corrected chi connectivity index (χ0v) is 11.0. The molecule has 2 atom stereocenters. The molecule has 1 aliphatic carbocycles. The summed E-state index contributed by atoms with van der Waals surface area (Å²) in [4.78, 5) is 14.3. The van der Waals surface area contributed by atoms with Crippen LogP contribution in [0.15, 0.2) is 30.3 Å². The largest absolute Gasteiger partial charge is 0.484 e. The molecule has 3 rings (SSSR count). The smallest absolute Gasteiger partial charge is 0.260 e. The third-order valence-corrected chi connectivity index (χ3v) is 4.06. The van der Waals surface area contributed by atoms with Crippen molar-refractivity contribution >= 4 is 5.91 Å². The van der Waals surface area contributed by atoms with Crippen LogP contribution in [0.2, 0.25) is 0 Å². The number of hydrogen-bond acceptors (Lipinski definition) is 3. The highest BCUT2D eigenvalue weighted by atomic mass is 16.5. The molecule has 1 aromatic rings. The Labute approximate surface area is 113 Å². The number of piperazine rings is 1. The summed E-state index contributed by atoms with van der Waals surface area (Å²) in [5.41, 5.74) is 0. The average molecular weight is 260 g/mol. The molecule has 1 aromatic carbocycles. The molecule has 2 fully saturated rings. The first-order valence-corrected chi connectivity index (χ1v) is 7.05. The van der Waals surface area contributed by atoms with Crippen LogP contribution in [0.1, 0.15) is 19.3 Å². The number of fused-ring (bicyclic) bond motifs is 1. The molecular weight excluding hydrogens is 240 g/mol. The summed E-state index contributed by atoms with van der Waals surface area (Å²) in [6.45, 7) is 1.85. The van der Waals surface area contributed by atoms with Crippen molar-refractivity contribution in [2.24, 2.45) is 0 Å². The Balaban J connectivity index is 1.57. The number of ether oxygens (including phenoxy) is 1. The summed E-state index contributed by atoms with van der Waals surface area (Å²) in [6, 6.07) is 10.4. The van der Waals surface area contributed by atoms with Gasteiger partial charge in [-0.3, -0.25) is 4.79 Å². The van der Waals surface area contributed by atoms with E-state index in [-0.39, 0.29) is 12.5 Å². The van der Waals surface area contributed by atoms with Crippen LogP contribution in [-0.2, 0) is 4.79 Å². The molecular formula is C15H20N2O2. The summed E-state index contributed by atoms with van der Waals surface area (Å²) in [5, 5.41) is 3.50. The Bertz CT molecular complexity index is 435. The Morgan fingerprint density at radius 2 is 2.16 bits per heavy atom. The van der Waals surface area contributed by atoms with Crippen molar-refractivity contribution in [1.29, 1.82) is 0 Å². The van der Waals surface area contributed by atoms with Crippen LogP contribution >= 0.6 is 0 Å². The van der Waals surface area contributed by atoms with Gasteiger partial charge < -0.3 is 15.0 Å². The topological polar surface area (TPSA) is 41.6 Å². The minimum atomic E-state index is 0.113. The Morgan fingerprint density at radius 1 is 1.32 bits per heavy atom. The fourth-order valence-corrected chi connectivity index (χ4v) is 3.14.